The summed E-state index contributed by atoms with van der Waals surface area (Å²) in [5.74, 6) is -0.925. The number of hydrogen-bond donors (Lipinski definition) is 1. The fraction of sp³-hybridized carbons (Fsp3) is 0.200. The van der Waals surface area contributed by atoms with E-state index in [1.807, 2.05) is 30.3 Å². The number of anilines is 1. The van der Waals surface area contributed by atoms with E-state index < -0.39 is 5.97 Å². The number of aromatic nitrogens is 1. The molecule has 98 valence electrons. The number of carboxylic acid groups (broad SMARTS) is 1. The van der Waals surface area contributed by atoms with Gasteiger partial charge in [0.15, 0.2) is 0 Å². The largest absolute Gasteiger partial charge is 0.478 e. The average Bonchev–Trinajstić information content (AvgIpc) is 2.46. The van der Waals surface area contributed by atoms with Gasteiger partial charge < -0.3 is 10.0 Å². The van der Waals surface area contributed by atoms with Crippen molar-refractivity contribution >= 4 is 11.7 Å². The predicted octanol–water partition coefficient (Wildman–Crippen LogP) is 2.81. The third kappa shape index (κ3) is 3.31. The molecule has 1 heterocycles. The van der Waals surface area contributed by atoms with Gasteiger partial charge in [-0.3, -0.25) is 4.98 Å². The zero-order valence-corrected chi connectivity index (χ0v) is 10.8. The molecule has 0 bridgehead atoms. The fourth-order valence-electron chi connectivity index (χ4n) is 1.92. The van der Waals surface area contributed by atoms with Crippen molar-refractivity contribution in [3.05, 3.63) is 59.9 Å². The van der Waals surface area contributed by atoms with Gasteiger partial charge in [0.2, 0.25) is 0 Å². The lowest BCUT2D eigenvalue weighted by molar-refractivity contribution is 0.0696. The third-order valence-corrected chi connectivity index (χ3v) is 2.92. The first-order valence-corrected chi connectivity index (χ1v) is 6.19. The molecule has 0 fully saturated rings. The second-order valence-electron chi connectivity index (χ2n) is 4.19. The van der Waals surface area contributed by atoms with Gasteiger partial charge in [-0.15, -0.1) is 0 Å². The van der Waals surface area contributed by atoms with E-state index in [1.54, 1.807) is 6.07 Å². The van der Waals surface area contributed by atoms with E-state index in [2.05, 4.69) is 16.8 Å². The van der Waals surface area contributed by atoms with Crippen LogP contribution in [0.4, 0.5) is 5.69 Å². The number of aromatic carboxylic acids is 1. The summed E-state index contributed by atoms with van der Waals surface area (Å²) in [6.45, 7) is 3.50. The molecule has 4 nitrogen and oxygen atoms in total. The van der Waals surface area contributed by atoms with Gasteiger partial charge in [0.25, 0.3) is 0 Å². The molecule has 0 spiro atoms. The molecule has 0 atom stereocenters. The monoisotopic (exact) mass is 256 g/mol. The number of para-hydroxylation sites is 1. The first-order valence-electron chi connectivity index (χ1n) is 6.19. The van der Waals surface area contributed by atoms with Crippen LogP contribution in [0.25, 0.3) is 0 Å². The van der Waals surface area contributed by atoms with Gasteiger partial charge in [0.05, 0.1) is 17.8 Å². The van der Waals surface area contributed by atoms with Crippen molar-refractivity contribution in [2.45, 2.75) is 13.5 Å². The first kappa shape index (κ1) is 13.1. The van der Waals surface area contributed by atoms with Crippen molar-refractivity contribution in [1.29, 1.82) is 0 Å². The normalized spacial score (nSPS) is 10.2. The standard InChI is InChI=1S/C15H16N2O2/c1-2-17(14-6-4-3-5-7-14)11-13-10-12(15(18)19)8-9-16-13/h3-10H,2,11H2,1H3,(H,18,19). The smallest absolute Gasteiger partial charge is 0.335 e. The molecule has 0 saturated heterocycles. The van der Waals surface area contributed by atoms with Crippen molar-refractivity contribution in [3.63, 3.8) is 0 Å². The lowest BCUT2D eigenvalue weighted by Gasteiger charge is -2.22. The molecule has 0 saturated carbocycles. The summed E-state index contributed by atoms with van der Waals surface area (Å²) in [7, 11) is 0. The van der Waals surface area contributed by atoms with Crippen LogP contribution >= 0.6 is 0 Å². The first-order chi connectivity index (χ1) is 9.20. The van der Waals surface area contributed by atoms with Crippen LogP contribution in [-0.2, 0) is 6.54 Å². The molecular formula is C15H16N2O2. The minimum Gasteiger partial charge on any atom is -0.478 e. The average molecular weight is 256 g/mol. The molecule has 1 N–H and O–H groups in total. The number of nitrogens with zero attached hydrogens (tertiary/aromatic N) is 2. The van der Waals surface area contributed by atoms with Crippen LogP contribution in [0.15, 0.2) is 48.7 Å². The highest BCUT2D eigenvalue weighted by Crippen LogP contribution is 2.16. The van der Waals surface area contributed by atoms with E-state index >= 15 is 0 Å². The Balaban J connectivity index is 2.19. The Morgan fingerprint density at radius 3 is 2.63 bits per heavy atom. The molecule has 0 aliphatic heterocycles. The summed E-state index contributed by atoms with van der Waals surface area (Å²) in [4.78, 5) is 17.3. The number of rotatable bonds is 5. The minimum atomic E-state index is -0.925. The predicted molar refractivity (Wildman–Crippen MR) is 74.4 cm³/mol. The summed E-state index contributed by atoms with van der Waals surface area (Å²) in [6.07, 6.45) is 1.54. The fourth-order valence-corrected chi connectivity index (χ4v) is 1.92. The van der Waals surface area contributed by atoms with Crippen molar-refractivity contribution in [3.8, 4) is 0 Å². The molecule has 0 unspecified atom stereocenters. The summed E-state index contributed by atoms with van der Waals surface area (Å²) in [5, 5.41) is 8.98. The van der Waals surface area contributed by atoms with E-state index in [0.29, 0.717) is 6.54 Å². The number of hydrogen-bond acceptors (Lipinski definition) is 3. The van der Waals surface area contributed by atoms with Crippen molar-refractivity contribution in [2.75, 3.05) is 11.4 Å². The second kappa shape index (κ2) is 6.00. The van der Waals surface area contributed by atoms with Gasteiger partial charge in [-0.05, 0) is 31.2 Å². The molecule has 0 aliphatic rings. The lowest BCUT2D eigenvalue weighted by atomic mass is 10.2. The highest BCUT2D eigenvalue weighted by molar-refractivity contribution is 5.87. The van der Waals surface area contributed by atoms with Crippen molar-refractivity contribution < 1.29 is 9.90 Å². The number of pyridine rings is 1. The molecule has 1 aromatic carbocycles. The molecule has 2 aromatic rings. The van der Waals surface area contributed by atoms with Gasteiger partial charge in [0.1, 0.15) is 0 Å². The maximum atomic E-state index is 10.9. The van der Waals surface area contributed by atoms with Gasteiger partial charge in [-0.25, -0.2) is 4.79 Å². The quantitative estimate of drug-likeness (QED) is 0.893. The number of carboxylic acids is 1. The van der Waals surface area contributed by atoms with Crippen LogP contribution in [0.2, 0.25) is 0 Å². The lowest BCUT2D eigenvalue weighted by Crippen LogP contribution is -2.22. The Bertz CT molecular complexity index is 555. The molecule has 0 amide bonds. The molecular weight excluding hydrogens is 240 g/mol. The van der Waals surface area contributed by atoms with E-state index in [9.17, 15) is 4.79 Å². The Kier molecular flexibility index (Phi) is 4.13. The van der Waals surface area contributed by atoms with E-state index in [0.717, 1.165) is 17.9 Å². The Morgan fingerprint density at radius 2 is 2.00 bits per heavy atom. The van der Waals surface area contributed by atoms with Crippen molar-refractivity contribution in [2.24, 2.45) is 0 Å². The van der Waals surface area contributed by atoms with E-state index in [1.165, 1.54) is 12.3 Å². The number of carbonyl (C=O) groups is 1. The zero-order chi connectivity index (χ0) is 13.7. The third-order valence-electron chi connectivity index (χ3n) is 2.92. The van der Waals surface area contributed by atoms with Gasteiger partial charge in [0, 0.05) is 18.4 Å². The maximum Gasteiger partial charge on any atom is 0.335 e. The van der Waals surface area contributed by atoms with Crippen LogP contribution in [0, 0.1) is 0 Å². The Labute approximate surface area is 112 Å². The Hall–Kier alpha value is -2.36. The Morgan fingerprint density at radius 1 is 1.26 bits per heavy atom. The molecule has 0 radical (unpaired) electrons. The molecule has 19 heavy (non-hydrogen) atoms. The van der Waals surface area contributed by atoms with E-state index in [-0.39, 0.29) is 5.56 Å². The van der Waals surface area contributed by atoms with Crippen LogP contribution in [0.3, 0.4) is 0 Å². The molecule has 0 aliphatic carbocycles. The van der Waals surface area contributed by atoms with Crippen LogP contribution < -0.4 is 4.90 Å². The summed E-state index contributed by atoms with van der Waals surface area (Å²) < 4.78 is 0. The highest BCUT2D eigenvalue weighted by Gasteiger charge is 2.08. The molecule has 1 aromatic heterocycles. The van der Waals surface area contributed by atoms with Crippen LogP contribution in [0.5, 0.6) is 0 Å². The van der Waals surface area contributed by atoms with Crippen LogP contribution in [0.1, 0.15) is 23.0 Å². The highest BCUT2D eigenvalue weighted by atomic mass is 16.4. The van der Waals surface area contributed by atoms with Crippen molar-refractivity contribution in [1.82, 2.24) is 4.98 Å². The summed E-state index contributed by atoms with van der Waals surface area (Å²) >= 11 is 0. The minimum absolute atomic E-state index is 0.272. The van der Waals surface area contributed by atoms with Gasteiger partial charge in [-0.2, -0.15) is 0 Å². The topological polar surface area (TPSA) is 53.4 Å². The van der Waals surface area contributed by atoms with E-state index in [4.69, 9.17) is 5.11 Å². The van der Waals surface area contributed by atoms with Crippen LogP contribution in [-0.4, -0.2) is 22.6 Å². The summed E-state index contributed by atoms with van der Waals surface area (Å²) in [5.41, 5.74) is 2.13. The SMILES string of the molecule is CCN(Cc1cc(C(=O)O)ccn1)c1ccccc1. The zero-order valence-electron chi connectivity index (χ0n) is 10.8. The number of benzene rings is 1. The molecule has 2 rings (SSSR count). The van der Waals surface area contributed by atoms with Gasteiger partial charge >= 0.3 is 5.97 Å². The maximum absolute atomic E-state index is 10.9. The second-order valence-corrected chi connectivity index (χ2v) is 4.19. The summed E-state index contributed by atoms with van der Waals surface area (Å²) in [6, 6.07) is 13.1. The van der Waals surface area contributed by atoms with Gasteiger partial charge in [-0.1, -0.05) is 18.2 Å². The molecule has 4 heteroatoms.